The lowest BCUT2D eigenvalue weighted by molar-refractivity contribution is -0.136. The average Bonchev–Trinajstić information content (AvgIpc) is 2.98. The van der Waals surface area contributed by atoms with Crippen molar-refractivity contribution in [2.75, 3.05) is 0 Å². The maximum Gasteiger partial charge on any atom is 0.266 e. The molecule has 4 amide bonds. The van der Waals surface area contributed by atoms with Crippen molar-refractivity contribution in [1.29, 1.82) is 0 Å². The van der Waals surface area contributed by atoms with Crippen LogP contribution >= 0.6 is 0 Å². The third kappa shape index (κ3) is 3.29. The summed E-state index contributed by atoms with van der Waals surface area (Å²) in [7, 11) is 0. The Morgan fingerprint density at radius 3 is 2.62 bits per heavy atom. The first-order valence-corrected chi connectivity index (χ1v) is 9.01. The number of hydrogen-bond acceptors (Lipinski definition) is 6. The summed E-state index contributed by atoms with van der Waals surface area (Å²) in [5.41, 5.74) is 1.47. The summed E-state index contributed by atoms with van der Waals surface area (Å²) in [5.74, 6) is -2.09. The highest BCUT2D eigenvalue weighted by Gasteiger charge is 2.45. The highest BCUT2D eigenvalue weighted by Crippen LogP contribution is 2.34. The molecule has 1 saturated heterocycles. The number of amides is 4. The lowest BCUT2D eigenvalue weighted by atomic mass is 10.0. The summed E-state index contributed by atoms with van der Waals surface area (Å²) in [6, 6.07) is 10.5. The first-order chi connectivity index (χ1) is 14.0. The van der Waals surface area contributed by atoms with Gasteiger partial charge < -0.3 is 4.74 Å². The summed E-state index contributed by atoms with van der Waals surface area (Å²) in [5, 5.41) is 2.16. The van der Waals surface area contributed by atoms with E-state index in [9.17, 15) is 24.0 Å². The number of carbonyl (C=O) groups is 5. The molecule has 1 fully saturated rings. The zero-order chi connectivity index (χ0) is 20.5. The van der Waals surface area contributed by atoms with Gasteiger partial charge in [0.05, 0.1) is 11.1 Å². The van der Waals surface area contributed by atoms with Gasteiger partial charge in [0.15, 0.2) is 0 Å². The molecule has 0 spiro atoms. The fourth-order valence-corrected chi connectivity index (χ4v) is 3.52. The number of nitrogens with one attached hydrogen (secondary N) is 1. The molecule has 1 unspecified atom stereocenters. The van der Waals surface area contributed by atoms with E-state index in [0.29, 0.717) is 5.56 Å². The summed E-state index contributed by atoms with van der Waals surface area (Å²) in [4.78, 5) is 61.1. The Morgan fingerprint density at radius 2 is 1.86 bits per heavy atom. The summed E-state index contributed by atoms with van der Waals surface area (Å²) >= 11 is 0. The molecular formula is C21H16N2O6. The topological polar surface area (TPSA) is 110 Å². The zero-order valence-corrected chi connectivity index (χ0v) is 15.2. The number of nitrogens with zero attached hydrogens (tertiary/aromatic N) is 1. The predicted octanol–water partition coefficient (Wildman–Crippen LogP) is 1.48. The van der Waals surface area contributed by atoms with Crippen molar-refractivity contribution in [1.82, 2.24) is 10.2 Å². The minimum Gasteiger partial charge on any atom is -0.488 e. The van der Waals surface area contributed by atoms with Gasteiger partial charge in [0.2, 0.25) is 11.8 Å². The number of hydrogen-bond donors (Lipinski definition) is 1. The lowest BCUT2D eigenvalue weighted by Crippen LogP contribution is -2.54. The monoisotopic (exact) mass is 392 g/mol. The Morgan fingerprint density at radius 1 is 1.07 bits per heavy atom. The van der Waals surface area contributed by atoms with E-state index in [4.69, 9.17) is 4.74 Å². The first kappa shape index (κ1) is 18.5. The average molecular weight is 392 g/mol. The first-order valence-electron chi connectivity index (χ1n) is 9.01. The molecular weight excluding hydrogens is 376 g/mol. The molecule has 4 rings (SSSR count). The molecule has 2 heterocycles. The molecule has 2 aliphatic rings. The Kier molecular flexibility index (Phi) is 4.67. The molecule has 1 atom stereocenters. The molecule has 0 aliphatic carbocycles. The molecule has 1 N–H and O–H groups in total. The van der Waals surface area contributed by atoms with Crippen LogP contribution in [0.2, 0.25) is 0 Å². The van der Waals surface area contributed by atoms with Gasteiger partial charge in [-0.25, -0.2) is 0 Å². The van der Waals surface area contributed by atoms with E-state index in [1.54, 1.807) is 36.4 Å². The van der Waals surface area contributed by atoms with Gasteiger partial charge in [0.25, 0.3) is 11.8 Å². The Hall–Kier alpha value is -3.81. The van der Waals surface area contributed by atoms with Crippen LogP contribution in [0.3, 0.4) is 0 Å². The van der Waals surface area contributed by atoms with E-state index in [1.807, 2.05) is 0 Å². The highest BCUT2D eigenvalue weighted by molar-refractivity contribution is 6.24. The Labute approximate surface area is 165 Å². The largest absolute Gasteiger partial charge is 0.488 e. The molecule has 29 heavy (non-hydrogen) atoms. The van der Waals surface area contributed by atoms with Gasteiger partial charge in [-0.1, -0.05) is 24.3 Å². The maximum absolute atomic E-state index is 13.0. The summed E-state index contributed by atoms with van der Waals surface area (Å²) in [6.45, 7) is 0.0953. The van der Waals surface area contributed by atoms with Gasteiger partial charge in [-0.05, 0) is 30.2 Å². The van der Waals surface area contributed by atoms with Crippen LogP contribution < -0.4 is 10.1 Å². The fourth-order valence-electron chi connectivity index (χ4n) is 3.52. The molecule has 0 saturated carbocycles. The van der Waals surface area contributed by atoms with E-state index < -0.39 is 29.7 Å². The van der Waals surface area contributed by atoms with Crippen molar-refractivity contribution < 1.29 is 28.7 Å². The van der Waals surface area contributed by atoms with E-state index >= 15 is 0 Å². The number of ether oxygens (including phenoxy) is 1. The molecule has 2 aromatic rings. The second kappa shape index (κ2) is 7.31. The van der Waals surface area contributed by atoms with Crippen LogP contribution in [-0.4, -0.2) is 40.9 Å². The van der Waals surface area contributed by atoms with Crippen molar-refractivity contribution in [2.45, 2.75) is 25.5 Å². The van der Waals surface area contributed by atoms with Gasteiger partial charge in [-0.15, -0.1) is 0 Å². The van der Waals surface area contributed by atoms with Gasteiger partial charge in [0.1, 0.15) is 24.7 Å². The van der Waals surface area contributed by atoms with Gasteiger partial charge in [0, 0.05) is 12.0 Å². The van der Waals surface area contributed by atoms with Crippen molar-refractivity contribution >= 4 is 29.9 Å². The lowest BCUT2D eigenvalue weighted by Gasteiger charge is -2.27. The van der Waals surface area contributed by atoms with Crippen LogP contribution in [0.15, 0.2) is 42.5 Å². The highest BCUT2D eigenvalue weighted by atomic mass is 16.5. The van der Waals surface area contributed by atoms with Crippen LogP contribution in [0, 0.1) is 0 Å². The molecule has 8 heteroatoms. The number of carbonyl (C=O) groups excluding carboxylic acids is 5. The Balaban J connectivity index is 1.60. The van der Waals surface area contributed by atoms with Crippen LogP contribution in [-0.2, 0) is 16.2 Å². The normalized spacial score (nSPS) is 18.5. The van der Waals surface area contributed by atoms with Crippen LogP contribution in [0.25, 0.3) is 0 Å². The summed E-state index contributed by atoms with van der Waals surface area (Å²) < 4.78 is 5.76. The third-order valence-corrected chi connectivity index (χ3v) is 4.91. The molecule has 2 aromatic carbocycles. The molecule has 2 aliphatic heterocycles. The van der Waals surface area contributed by atoms with Gasteiger partial charge in [-0.2, -0.15) is 0 Å². The standard InChI is InChI=1S/C21H16N2O6/c24-10-12-3-1-4-13(9-12)11-29-16-6-2-5-14-18(16)21(28)23(20(14)27)15-7-8-17(25)22-19(15)26/h1-6,9-10,15H,7-8,11H2,(H,22,25,26). The van der Waals surface area contributed by atoms with E-state index in [0.717, 1.165) is 16.7 Å². The van der Waals surface area contributed by atoms with Crippen LogP contribution in [0.1, 0.15) is 49.5 Å². The second-order valence-electron chi connectivity index (χ2n) is 6.78. The van der Waals surface area contributed by atoms with Crippen molar-refractivity contribution in [3.8, 4) is 5.75 Å². The zero-order valence-electron chi connectivity index (χ0n) is 15.2. The molecule has 8 nitrogen and oxygen atoms in total. The second-order valence-corrected chi connectivity index (χ2v) is 6.78. The SMILES string of the molecule is O=Cc1cccc(COc2cccc3c2C(=O)N(C2CCC(=O)NC2=O)C3=O)c1. The molecule has 0 bridgehead atoms. The Bertz CT molecular complexity index is 1060. The maximum atomic E-state index is 13.0. The van der Waals surface area contributed by atoms with E-state index in [-0.39, 0.29) is 36.3 Å². The smallest absolute Gasteiger partial charge is 0.266 e. The van der Waals surface area contributed by atoms with E-state index in [1.165, 1.54) is 6.07 Å². The third-order valence-electron chi connectivity index (χ3n) is 4.91. The van der Waals surface area contributed by atoms with Gasteiger partial charge in [-0.3, -0.25) is 34.2 Å². The summed E-state index contributed by atoms with van der Waals surface area (Å²) in [6.07, 6.45) is 0.870. The number of piperidine rings is 1. The minimum atomic E-state index is -1.03. The molecule has 146 valence electrons. The van der Waals surface area contributed by atoms with Gasteiger partial charge >= 0.3 is 0 Å². The number of rotatable bonds is 5. The quantitative estimate of drug-likeness (QED) is 0.610. The number of aldehydes is 1. The number of benzene rings is 2. The predicted molar refractivity (Wildman–Crippen MR) is 99.3 cm³/mol. The van der Waals surface area contributed by atoms with Crippen LogP contribution in [0.5, 0.6) is 5.75 Å². The van der Waals surface area contributed by atoms with Crippen molar-refractivity contribution in [3.63, 3.8) is 0 Å². The van der Waals surface area contributed by atoms with Crippen LogP contribution in [0.4, 0.5) is 0 Å². The number of imide groups is 2. The molecule has 0 aromatic heterocycles. The molecule has 0 radical (unpaired) electrons. The van der Waals surface area contributed by atoms with Crippen molar-refractivity contribution in [2.24, 2.45) is 0 Å². The van der Waals surface area contributed by atoms with Crippen molar-refractivity contribution in [3.05, 3.63) is 64.7 Å². The van der Waals surface area contributed by atoms with E-state index in [2.05, 4.69) is 5.32 Å². The number of fused-ring (bicyclic) bond motifs is 1. The minimum absolute atomic E-state index is 0.0558. The fraction of sp³-hybridized carbons (Fsp3) is 0.190.